The van der Waals surface area contributed by atoms with Crippen LogP contribution in [0.2, 0.25) is 0 Å². The van der Waals surface area contributed by atoms with Crippen LogP contribution in [-0.4, -0.2) is 61.9 Å². The minimum Gasteiger partial charge on any atom is -0.395 e. The van der Waals surface area contributed by atoms with E-state index in [-0.39, 0.29) is 18.6 Å². The molecule has 1 atom stereocenters. The fourth-order valence-electron chi connectivity index (χ4n) is 1.33. The van der Waals surface area contributed by atoms with Crippen LogP contribution in [-0.2, 0) is 9.53 Å². The van der Waals surface area contributed by atoms with Crippen molar-refractivity contribution in [3.05, 3.63) is 0 Å². The third-order valence-electron chi connectivity index (χ3n) is 2.19. The summed E-state index contributed by atoms with van der Waals surface area (Å²) in [5.41, 5.74) is 0. The molecule has 0 saturated carbocycles. The van der Waals surface area contributed by atoms with Gasteiger partial charge in [-0.05, 0) is 0 Å². The number of ether oxygens (including phenoxy) is 1. The van der Waals surface area contributed by atoms with E-state index in [9.17, 15) is 4.79 Å². The van der Waals surface area contributed by atoms with E-state index in [0.29, 0.717) is 26.3 Å². The topological polar surface area (TPSA) is 61.8 Å². The molecule has 0 spiro atoms. The van der Waals surface area contributed by atoms with Gasteiger partial charge in [0.15, 0.2) is 0 Å². The van der Waals surface area contributed by atoms with Gasteiger partial charge in [0, 0.05) is 13.6 Å². The number of likely N-dealkylation sites (N-methyl/N-ethyl adjacent to an activating group) is 1. The number of hydrogen-bond acceptors (Lipinski definition) is 4. The van der Waals surface area contributed by atoms with Crippen LogP contribution in [0.25, 0.3) is 0 Å². The molecule has 5 nitrogen and oxygen atoms in total. The standard InChI is InChI=1S/C8H16N2O3/c1-9-8(12)4-10-2-3-13-6-7(10)5-11/h7,11H,2-6H2,1H3,(H,9,12). The monoisotopic (exact) mass is 188 g/mol. The highest BCUT2D eigenvalue weighted by atomic mass is 16.5. The zero-order valence-electron chi connectivity index (χ0n) is 7.82. The molecule has 0 aliphatic carbocycles. The lowest BCUT2D eigenvalue weighted by Gasteiger charge is -2.33. The van der Waals surface area contributed by atoms with Gasteiger partial charge in [-0.15, -0.1) is 0 Å². The van der Waals surface area contributed by atoms with E-state index in [1.807, 2.05) is 4.90 Å². The summed E-state index contributed by atoms with van der Waals surface area (Å²) in [7, 11) is 1.61. The average Bonchev–Trinajstić information content (AvgIpc) is 2.18. The van der Waals surface area contributed by atoms with Crippen LogP contribution >= 0.6 is 0 Å². The number of aliphatic hydroxyl groups is 1. The van der Waals surface area contributed by atoms with Crippen molar-refractivity contribution < 1.29 is 14.6 Å². The lowest BCUT2D eigenvalue weighted by molar-refractivity contribution is -0.124. The Hall–Kier alpha value is -0.650. The third kappa shape index (κ3) is 2.95. The number of morpholine rings is 1. The second-order valence-corrected chi connectivity index (χ2v) is 3.05. The lowest BCUT2D eigenvalue weighted by atomic mass is 10.2. The van der Waals surface area contributed by atoms with Gasteiger partial charge in [-0.1, -0.05) is 0 Å². The molecule has 2 N–H and O–H groups in total. The van der Waals surface area contributed by atoms with E-state index >= 15 is 0 Å². The summed E-state index contributed by atoms with van der Waals surface area (Å²) in [6.45, 7) is 2.22. The number of aliphatic hydroxyl groups excluding tert-OH is 1. The second kappa shape index (κ2) is 5.16. The number of hydrogen-bond donors (Lipinski definition) is 2. The Balaban J connectivity index is 2.40. The highest BCUT2D eigenvalue weighted by molar-refractivity contribution is 5.77. The minimum atomic E-state index is -0.0361. The Kier molecular flexibility index (Phi) is 4.14. The van der Waals surface area contributed by atoms with Crippen LogP contribution in [0.15, 0.2) is 0 Å². The normalized spacial score (nSPS) is 24.3. The van der Waals surface area contributed by atoms with Gasteiger partial charge in [-0.3, -0.25) is 9.69 Å². The number of carbonyl (C=O) groups is 1. The van der Waals surface area contributed by atoms with Crippen LogP contribution in [0, 0.1) is 0 Å². The van der Waals surface area contributed by atoms with Gasteiger partial charge in [0.1, 0.15) is 0 Å². The SMILES string of the molecule is CNC(=O)CN1CCOCC1CO. The zero-order chi connectivity index (χ0) is 9.68. The van der Waals surface area contributed by atoms with Gasteiger partial charge in [0.25, 0.3) is 0 Å². The van der Waals surface area contributed by atoms with Crippen molar-refractivity contribution >= 4 is 5.91 Å². The van der Waals surface area contributed by atoms with Crippen molar-refractivity contribution in [1.82, 2.24) is 10.2 Å². The van der Waals surface area contributed by atoms with Crippen molar-refractivity contribution in [2.24, 2.45) is 0 Å². The lowest BCUT2D eigenvalue weighted by Crippen LogP contribution is -2.50. The second-order valence-electron chi connectivity index (χ2n) is 3.05. The van der Waals surface area contributed by atoms with Crippen LogP contribution in [0.4, 0.5) is 0 Å². The van der Waals surface area contributed by atoms with E-state index in [0.717, 1.165) is 0 Å². The van der Waals surface area contributed by atoms with Crippen LogP contribution < -0.4 is 5.32 Å². The molecular formula is C8H16N2O3. The Morgan fingerprint density at radius 1 is 1.77 bits per heavy atom. The van der Waals surface area contributed by atoms with Crippen molar-refractivity contribution in [1.29, 1.82) is 0 Å². The molecule has 0 aromatic heterocycles. The summed E-state index contributed by atoms with van der Waals surface area (Å²) in [5.74, 6) is -0.0275. The van der Waals surface area contributed by atoms with E-state index in [2.05, 4.69) is 5.32 Å². The molecule has 1 aliphatic rings. The maximum atomic E-state index is 11.1. The molecule has 1 rings (SSSR count). The minimum absolute atomic E-state index is 0.0275. The van der Waals surface area contributed by atoms with Gasteiger partial charge >= 0.3 is 0 Å². The quantitative estimate of drug-likeness (QED) is 0.561. The van der Waals surface area contributed by atoms with Crippen molar-refractivity contribution in [3.63, 3.8) is 0 Å². The average molecular weight is 188 g/mol. The first-order valence-corrected chi connectivity index (χ1v) is 4.41. The molecule has 0 radical (unpaired) electrons. The molecule has 1 saturated heterocycles. The smallest absolute Gasteiger partial charge is 0.233 e. The Bertz CT molecular complexity index is 175. The molecule has 0 aromatic rings. The first kappa shape index (κ1) is 10.4. The van der Waals surface area contributed by atoms with Gasteiger partial charge in [-0.25, -0.2) is 0 Å². The molecule has 76 valence electrons. The number of nitrogens with zero attached hydrogens (tertiary/aromatic N) is 1. The summed E-state index contributed by atoms with van der Waals surface area (Å²) in [6.07, 6.45) is 0. The van der Waals surface area contributed by atoms with Crippen LogP contribution in [0.3, 0.4) is 0 Å². The van der Waals surface area contributed by atoms with Crippen LogP contribution in [0.5, 0.6) is 0 Å². The van der Waals surface area contributed by atoms with Gasteiger partial charge in [0.2, 0.25) is 5.91 Å². The van der Waals surface area contributed by atoms with E-state index in [1.165, 1.54) is 0 Å². The largest absolute Gasteiger partial charge is 0.395 e. The fourth-order valence-corrected chi connectivity index (χ4v) is 1.33. The Labute approximate surface area is 77.7 Å². The maximum Gasteiger partial charge on any atom is 0.233 e. The van der Waals surface area contributed by atoms with E-state index < -0.39 is 0 Å². The molecule has 1 heterocycles. The summed E-state index contributed by atoms with van der Waals surface area (Å²) >= 11 is 0. The highest BCUT2D eigenvalue weighted by Crippen LogP contribution is 2.05. The summed E-state index contributed by atoms with van der Waals surface area (Å²) in [5, 5.41) is 11.5. The number of amides is 1. The summed E-state index contributed by atoms with van der Waals surface area (Å²) < 4.78 is 5.19. The number of carbonyl (C=O) groups excluding carboxylic acids is 1. The van der Waals surface area contributed by atoms with Crippen molar-refractivity contribution in [3.8, 4) is 0 Å². The zero-order valence-corrected chi connectivity index (χ0v) is 7.82. The van der Waals surface area contributed by atoms with E-state index in [4.69, 9.17) is 9.84 Å². The third-order valence-corrected chi connectivity index (χ3v) is 2.19. The maximum absolute atomic E-state index is 11.1. The number of nitrogens with one attached hydrogen (secondary N) is 1. The Morgan fingerprint density at radius 2 is 2.54 bits per heavy atom. The first-order valence-electron chi connectivity index (χ1n) is 4.41. The van der Waals surface area contributed by atoms with E-state index in [1.54, 1.807) is 7.05 Å². The molecular weight excluding hydrogens is 172 g/mol. The first-order chi connectivity index (χ1) is 6.27. The number of rotatable bonds is 3. The molecule has 1 fully saturated rings. The molecule has 1 amide bonds. The molecule has 13 heavy (non-hydrogen) atoms. The highest BCUT2D eigenvalue weighted by Gasteiger charge is 2.23. The summed E-state index contributed by atoms with van der Waals surface area (Å²) in [4.78, 5) is 13.0. The Morgan fingerprint density at radius 3 is 3.15 bits per heavy atom. The van der Waals surface area contributed by atoms with Crippen LogP contribution in [0.1, 0.15) is 0 Å². The predicted molar refractivity (Wildman–Crippen MR) is 47.3 cm³/mol. The molecule has 0 bridgehead atoms. The molecule has 5 heteroatoms. The molecule has 0 aromatic carbocycles. The fraction of sp³-hybridized carbons (Fsp3) is 0.875. The van der Waals surface area contributed by atoms with Crippen molar-refractivity contribution in [2.75, 3.05) is 40.0 Å². The molecule has 1 aliphatic heterocycles. The van der Waals surface area contributed by atoms with Gasteiger partial charge < -0.3 is 15.2 Å². The molecule has 1 unspecified atom stereocenters. The predicted octanol–water partition coefficient (Wildman–Crippen LogP) is -1.57. The summed E-state index contributed by atoms with van der Waals surface area (Å²) in [6, 6.07) is -0.0361. The van der Waals surface area contributed by atoms with Gasteiger partial charge in [0.05, 0.1) is 32.4 Å². The van der Waals surface area contributed by atoms with Crippen molar-refractivity contribution in [2.45, 2.75) is 6.04 Å². The van der Waals surface area contributed by atoms with Gasteiger partial charge in [-0.2, -0.15) is 0 Å².